The fourth-order valence-electron chi connectivity index (χ4n) is 8.38. The SMILES string of the molecule is CO[C@@H]1[C@H](N(C)C(=O)c2ccc(F)cc2)CC2O[C@]1(C)n1c3ccccc3c3c4c(c5c6ccccc6n2c5c31)C(=O)N[C@@H]4O. The molecule has 2 aromatic heterocycles. The number of carbonyl (C=O) groups excluding carboxylic acids is 2. The minimum absolute atomic E-state index is 0.259. The fourth-order valence-corrected chi connectivity index (χ4v) is 8.38. The minimum Gasteiger partial charge on any atom is -0.374 e. The third kappa shape index (κ3) is 3.21. The Labute approximate surface area is 256 Å². The number of aliphatic hydroxyl groups is 1. The van der Waals surface area contributed by atoms with Crippen LogP contribution in [0.25, 0.3) is 43.6 Å². The molecule has 10 heteroatoms. The van der Waals surface area contributed by atoms with Gasteiger partial charge in [-0.2, -0.15) is 0 Å². The molecule has 1 unspecified atom stereocenters. The molecule has 9 nitrogen and oxygen atoms in total. The summed E-state index contributed by atoms with van der Waals surface area (Å²) in [6.07, 6.45) is -1.97. The normalized spacial score (nSPS) is 25.3. The van der Waals surface area contributed by atoms with Crippen molar-refractivity contribution in [3.8, 4) is 0 Å². The van der Waals surface area contributed by atoms with Gasteiger partial charge >= 0.3 is 0 Å². The second kappa shape index (κ2) is 8.91. The van der Waals surface area contributed by atoms with Crippen molar-refractivity contribution in [1.82, 2.24) is 19.4 Å². The number of aromatic nitrogens is 2. The third-order valence-corrected chi connectivity index (χ3v) is 10.2. The zero-order valence-corrected chi connectivity index (χ0v) is 24.7. The van der Waals surface area contributed by atoms with Gasteiger partial charge < -0.3 is 33.9 Å². The van der Waals surface area contributed by atoms with E-state index in [-0.39, 0.29) is 11.8 Å². The summed E-state index contributed by atoms with van der Waals surface area (Å²) < 4.78 is 31.5. The molecule has 6 aromatic rings. The number of halogens is 1. The molecule has 45 heavy (non-hydrogen) atoms. The highest BCUT2D eigenvalue weighted by Gasteiger charge is 2.55. The van der Waals surface area contributed by atoms with E-state index in [1.807, 2.05) is 55.5 Å². The number of benzene rings is 4. The van der Waals surface area contributed by atoms with Gasteiger partial charge in [-0.15, -0.1) is 0 Å². The van der Waals surface area contributed by atoms with Crippen molar-refractivity contribution >= 4 is 55.4 Å². The Balaban J connectivity index is 1.41. The first-order valence-electron chi connectivity index (χ1n) is 15.0. The third-order valence-electron chi connectivity index (χ3n) is 10.2. The predicted molar refractivity (Wildman–Crippen MR) is 166 cm³/mol. The second-order valence-corrected chi connectivity index (χ2v) is 12.4. The van der Waals surface area contributed by atoms with Crippen LogP contribution in [-0.4, -0.2) is 57.3 Å². The average Bonchev–Trinajstić information content (AvgIpc) is 3.65. The van der Waals surface area contributed by atoms with Gasteiger partial charge in [0.2, 0.25) is 0 Å². The average molecular weight is 605 g/mol. The van der Waals surface area contributed by atoms with E-state index in [1.54, 1.807) is 19.1 Å². The number of likely N-dealkylation sites (N-methyl/N-ethyl adjacent to an activating group) is 1. The molecule has 3 aliphatic heterocycles. The maximum Gasteiger partial charge on any atom is 0.254 e. The molecule has 9 rings (SSSR count). The Morgan fingerprint density at radius 1 is 1.02 bits per heavy atom. The van der Waals surface area contributed by atoms with Crippen LogP contribution in [0.4, 0.5) is 4.39 Å². The maximum atomic E-state index is 13.9. The molecule has 0 aliphatic carbocycles. The number of aliphatic hydroxyl groups excluding tert-OH is 1. The highest BCUT2D eigenvalue weighted by molar-refractivity contribution is 6.31. The lowest BCUT2D eigenvalue weighted by molar-refractivity contribution is -0.264. The molecule has 1 fully saturated rings. The monoisotopic (exact) mass is 604 g/mol. The Morgan fingerprint density at radius 3 is 2.40 bits per heavy atom. The largest absolute Gasteiger partial charge is 0.374 e. The molecule has 5 heterocycles. The van der Waals surface area contributed by atoms with Crippen molar-refractivity contribution < 1.29 is 28.6 Å². The van der Waals surface area contributed by atoms with E-state index >= 15 is 0 Å². The van der Waals surface area contributed by atoms with Gasteiger partial charge in [-0.05, 0) is 43.3 Å². The van der Waals surface area contributed by atoms with Gasteiger partial charge in [-0.3, -0.25) is 9.59 Å². The molecule has 0 saturated carbocycles. The van der Waals surface area contributed by atoms with Gasteiger partial charge in [-0.25, -0.2) is 4.39 Å². The van der Waals surface area contributed by atoms with E-state index in [4.69, 9.17) is 9.47 Å². The van der Waals surface area contributed by atoms with Gasteiger partial charge in [0.25, 0.3) is 11.8 Å². The molecule has 2 bridgehead atoms. The Hall–Kier alpha value is -4.77. The first-order chi connectivity index (χ1) is 21.7. The molecular weight excluding hydrogens is 575 g/mol. The lowest BCUT2D eigenvalue weighted by atomic mass is 9.91. The predicted octanol–water partition coefficient (Wildman–Crippen LogP) is 5.54. The number of hydrogen-bond acceptors (Lipinski definition) is 5. The zero-order valence-electron chi connectivity index (χ0n) is 24.7. The van der Waals surface area contributed by atoms with Crippen LogP contribution < -0.4 is 5.32 Å². The maximum absolute atomic E-state index is 13.9. The molecule has 3 aliphatic rings. The van der Waals surface area contributed by atoms with Crippen molar-refractivity contribution in [2.75, 3.05) is 14.2 Å². The van der Waals surface area contributed by atoms with Crippen LogP contribution in [0.2, 0.25) is 0 Å². The van der Waals surface area contributed by atoms with E-state index < -0.39 is 36.1 Å². The summed E-state index contributed by atoms with van der Waals surface area (Å²) in [5.74, 6) is -0.995. The topological polar surface area (TPSA) is 98.0 Å². The number of hydrogen-bond donors (Lipinski definition) is 2. The van der Waals surface area contributed by atoms with Crippen molar-refractivity contribution in [1.29, 1.82) is 0 Å². The molecule has 2 N–H and O–H groups in total. The van der Waals surface area contributed by atoms with E-state index in [1.165, 1.54) is 24.3 Å². The standard InChI is InChI=1S/C35H29FN4O5/c1-35-31(44-3)23(38(2)34(43)17-12-14-18(36)15-13-17)16-24(45-35)39-21-10-6-4-8-19(21)25-27-28(33(42)37-32(27)41)26-20-9-5-7-11-22(20)40(35)30(26)29(25)39/h4-15,23-24,31,33,42H,16H2,1-3H3,(H,37,41)/t23-,24?,31-,33-,35+/m1/s1. The number of para-hydroxylation sites is 2. The van der Waals surface area contributed by atoms with E-state index in [0.717, 1.165) is 43.6 Å². The molecule has 226 valence electrons. The highest BCUT2D eigenvalue weighted by atomic mass is 19.1. The van der Waals surface area contributed by atoms with Gasteiger partial charge in [0.1, 0.15) is 18.1 Å². The van der Waals surface area contributed by atoms with Crippen LogP contribution in [0, 0.1) is 5.82 Å². The minimum atomic E-state index is -1.18. The summed E-state index contributed by atoms with van der Waals surface area (Å²) in [7, 11) is 3.37. The molecule has 5 atom stereocenters. The molecular formula is C35H29FN4O5. The van der Waals surface area contributed by atoms with Crippen LogP contribution in [0.1, 0.15) is 52.1 Å². The lowest BCUT2D eigenvalue weighted by Gasteiger charge is -2.50. The quantitative estimate of drug-likeness (QED) is 0.277. The van der Waals surface area contributed by atoms with E-state index in [2.05, 4.69) is 14.5 Å². The number of methoxy groups -OCH3 is 1. The first-order valence-corrected chi connectivity index (χ1v) is 15.0. The highest BCUT2D eigenvalue weighted by Crippen LogP contribution is 2.55. The van der Waals surface area contributed by atoms with Gasteiger partial charge in [0.15, 0.2) is 12.0 Å². The van der Waals surface area contributed by atoms with Crippen molar-refractivity contribution in [2.24, 2.45) is 0 Å². The van der Waals surface area contributed by atoms with Crippen LogP contribution in [0.5, 0.6) is 0 Å². The lowest BCUT2D eigenvalue weighted by Crippen LogP contribution is -2.61. The van der Waals surface area contributed by atoms with Crippen molar-refractivity contribution in [2.45, 2.75) is 43.7 Å². The Kier molecular flexibility index (Phi) is 5.27. The molecule has 0 spiro atoms. The molecule has 1 saturated heterocycles. The van der Waals surface area contributed by atoms with E-state index in [9.17, 15) is 19.1 Å². The van der Waals surface area contributed by atoms with Crippen molar-refractivity contribution in [3.63, 3.8) is 0 Å². The fraction of sp³-hybridized carbons (Fsp3) is 0.257. The Morgan fingerprint density at radius 2 is 1.69 bits per heavy atom. The van der Waals surface area contributed by atoms with Crippen molar-refractivity contribution in [3.05, 3.63) is 95.3 Å². The Bertz CT molecular complexity index is 2270. The summed E-state index contributed by atoms with van der Waals surface area (Å²) in [6.45, 7) is 1.98. The van der Waals surface area contributed by atoms with E-state index in [0.29, 0.717) is 23.1 Å². The number of nitrogens with one attached hydrogen (secondary N) is 1. The van der Waals surface area contributed by atoms with Crippen LogP contribution in [0.15, 0.2) is 72.8 Å². The van der Waals surface area contributed by atoms with Gasteiger partial charge in [0.05, 0.1) is 33.7 Å². The number of ether oxygens (including phenoxy) is 2. The molecule has 0 radical (unpaired) electrons. The summed E-state index contributed by atoms with van der Waals surface area (Å²) in [4.78, 5) is 29.1. The molecule has 2 amide bonds. The number of fused-ring (bicyclic) bond motifs is 13. The molecule has 4 aromatic carbocycles. The second-order valence-electron chi connectivity index (χ2n) is 12.4. The van der Waals surface area contributed by atoms with Crippen LogP contribution in [0.3, 0.4) is 0 Å². The number of carbonyl (C=O) groups is 2. The summed E-state index contributed by atoms with van der Waals surface area (Å²) >= 11 is 0. The number of amides is 2. The van der Waals surface area contributed by atoms with Crippen LogP contribution >= 0.6 is 0 Å². The summed E-state index contributed by atoms with van der Waals surface area (Å²) in [5, 5.41) is 17.4. The number of rotatable bonds is 3. The zero-order chi connectivity index (χ0) is 30.9. The summed E-state index contributed by atoms with van der Waals surface area (Å²) in [5.41, 5.74) is 3.65. The first kappa shape index (κ1) is 26.6. The van der Waals surface area contributed by atoms with Gasteiger partial charge in [0, 0.05) is 53.3 Å². The van der Waals surface area contributed by atoms with Gasteiger partial charge in [-0.1, -0.05) is 36.4 Å². The number of nitrogens with zero attached hydrogens (tertiary/aromatic N) is 3. The van der Waals surface area contributed by atoms with Crippen LogP contribution in [-0.2, 0) is 15.2 Å². The smallest absolute Gasteiger partial charge is 0.254 e. The summed E-state index contributed by atoms with van der Waals surface area (Å²) in [6, 6.07) is 20.9.